The summed E-state index contributed by atoms with van der Waals surface area (Å²) in [5.41, 5.74) is 6.52. The summed E-state index contributed by atoms with van der Waals surface area (Å²) >= 11 is 0. The predicted molar refractivity (Wildman–Crippen MR) is 118 cm³/mol. The van der Waals surface area contributed by atoms with Gasteiger partial charge in [-0.2, -0.15) is 0 Å². The van der Waals surface area contributed by atoms with Crippen molar-refractivity contribution in [1.29, 1.82) is 0 Å². The normalized spacial score (nSPS) is 17.4. The molecule has 0 spiro atoms. The van der Waals surface area contributed by atoms with E-state index in [0.717, 1.165) is 53.9 Å². The van der Waals surface area contributed by atoms with Crippen LogP contribution in [-0.2, 0) is 29.0 Å². The minimum Gasteiger partial charge on any atom is -0.464 e. The Balaban J connectivity index is 1.34. The first-order chi connectivity index (χ1) is 14.5. The molecule has 5 heteroatoms. The van der Waals surface area contributed by atoms with Gasteiger partial charge in [-0.1, -0.05) is 36.4 Å². The Hall–Kier alpha value is -2.63. The first kappa shape index (κ1) is 20.6. The van der Waals surface area contributed by atoms with Crippen LogP contribution >= 0.6 is 0 Å². The van der Waals surface area contributed by atoms with Gasteiger partial charge in [0.2, 0.25) is 5.91 Å². The van der Waals surface area contributed by atoms with Crippen molar-refractivity contribution in [3.8, 4) is 0 Å². The number of carbonyl (C=O) groups is 1. The summed E-state index contributed by atoms with van der Waals surface area (Å²) in [6.45, 7) is 10.4. The third-order valence-electron chi connectivity index (χ3n) is 5.91. The minimum absolute atomic E-state index is 0.00309. The lowest BCUT2D eigenvalue weighted by atomic mass is 10.0. The maximum absolute atomic E-state index is 12.5. The molecule has 1 aromatic heterocycles. The second-order valence-corrected chi connectivity index (χ2v) is 8.34. The molecule has 1 amide bonds. The number of amides is 1. The average molecular weight is 407 g/mol. The summed E-state index contributed by atoms with van der Waals surface area (Å²) < 4.78 is 11.3. The van der Waals surface area contributed by atoms with Crippen LogP contribution in [0.1, 0.15) is 34.7 Å². The van der Waals surface area contributed by atoms with Gasteiger partial charge in [-0.15, -0.1) is 0 Å². The Morgan fingerprint density at radius 2 is 2.03 bits per heavy atom. The molecule has 3 aromatic rings. The number of aryl methyl sites for hydroxylation is 2. The molecule has 0 bridgehead atoms. The van der Waals surface area contributed by atoms with Crippen molar-refractivity contribution in [2.45, 2.75) is 46.4 Å². The molecule has 1 aliphatic heterocycles. The fourth-order valence-corrected chi connectivity index (χ4v) is 4.09. The molecule has 1 aliphatic rings. The van der Waals surface area contributed by atoms with Crippen molar-refractivity contribution in [3.05, 3.63) is 70.5 Å². The summed E-state index contributed by atoms with van der Waals surface area (Å²) in [6, 6.07) is 12.6. The van der Waals surface area contributed by atoms with Crippen LogP contribution in [0.5, 0.6) is 0 Å². The van der Waals surface area contributed by atoms with E-state index in [1.54, 1.807) is 6.26 Å². The number of nitrogens with one attached hydrogen (secondary N) is 1. The van der Waals surface area contributed by atoms with E-state index in [1.807, 2.05) is 6.07 Å². The zero-order valence-electron chi connectivity index (χ0n) is 18.0. The molecule has 1 unspecified atom stereocenters. The van der Waals surface area contributed by atoms with Gasteiger partial charge < -0.3 is 14.5 Å². The first-order valence-corrected chi connectivity index (χ1v) is 10.6. The van der Waals surface area contributed by atoms with Gasteiger partial charge in [0.25, 0.3) is 0 Å². The summed E-state index contributed by atoms with van der Waals surface area (Å²) in [7, 11) is 0. The molecule has 4 rings (SSSR count). The Labute approximate surface area is 178 Å². The molecule has 30 heavy (non-hydrogen) atoms. The van der Waals surface area contributed by atoms with E-state index in [4.69, 9.17) is 9.15 Å². The maximum Gasteiger partial charge on any atom is 0.224 e. The van der Waals surface area contributed by atoms with Crippen LogP contribution in [0.4, 0.5) is 0 Å². The summed E-state index contributed by atoms with van der Waals surface area (Å²) in [5, 5.41) is 4.07. The molecule has 1 N–H and O–H groups in total. The van der Waals surface area contributed by atoms with Crippen molar-refractivity contribution in [2.24, 2.45) is 0 Å². The number of ether oxygens (including phenoxy) is 1. The SMILES string of the molecule is Cc1ccc2c(CC(=O)NCc3cccc(CN4CCOC(C)C4)c3)coc2c1C. The number of benzene rings is 2. The smallest absolute Gasteiger partial charge is 0.224 e. The van der Waals surface area contributed by atoms with Crippen LogP contribution in [-0.4, -0.2) is 36.6 Å². The molecule has 0 saturated carbocycles. The van der Waals surface area contributed by atoms with Crippen LogP contribution in [0, 0.1) is 13.8 Å². The highest BCUT2D eigenvalue weighted by molar-refractivity contribution is 5.89. The maximum atomic E-state index is 12.5. The molecule has 0 radical (unpaired) electrons. The quantitative estimate of drug-likeness (QED) is 0.669. The number of rotatable bonds is 6. The van der Waals surface area contributed by atoms with Gasteiger partial charge in [-0.05, 0) is 43.0 Å². The van der Waals surface area contributed by atoms with Crippen LogP contribution < -0.4 is 5.32 Å². The number of hydrogen-bond acceptors (Lipinski definition) is 4. The zero-order valence-corrected chi connectivity index (χ0v) is 18.0. The van der Waals surface area contributed by atoms with E-state index in [1.165, 1.54) is 11.1 Å². The highest BCUT2D eigenvalue weighted by Gasteiger charge is 2.17. The lowest BCUT2D eigenvalue weighted by molar-refractivity contribution is -0.120. The van der Waals surface area contributed by atoms with E-state index in [2.05, 4.69) is 61.3 Å². The topological polar surface area (TPSA) is 54.7 Å². The number of morpholine rings is 1. The highest BCUT2D eigenvalue weighted by Crippen LogP contribution is 2.26. The van der Waals surface area contributed by atoms with Gasteiger partial charge in [0.05, 0.1) is 25.4 Å². The molecular weight excluding hydrogens is 376 g/mol. The Kier molecular flexibility index (Phi) is 6.21. The van der Waals surface area contributed by atoms with Gasteiger partial charge in [0, 0.05) is 37.1 Å². The van der Waals surface area contributed by atoms with Gasteiger partial charge in [0.1, 0.15) is 5.58 Å². The molecule has 2 aromatic carbocycles. The summed E-state index contributed by atoms with van der Waals surface area (Å²) in [6.07, 6.45) is 2.31. The van der Waals surface area contributed by atoms with E-state index in [9.17, 15) is 4.79 Å². The van der Waals surface area contributed by atoms with Gasteiger partial charge >= 0.3 is 0 Å². The number of nitrogens with zero attached hydrogens (tertiary/aromatic N) is 1. The van der Waals surface area contributed by atoms with Crippen molar-refractivity contribution in [1.82, 2.24) is 10.2 Å². The predicted octanol–water partition coefficient (Wildman–Crippen LogP) is 4.13. The second kappa shape index (κ2) is 9.02. The van der Waals surface area contributed by atoms with Gasteiger partial charge in [0.15, 0.2) is 0 Å². The first-order valence-electron chi connectivity index (χ1n) is 10.6. The minimum atomic E-state index is 0.00309. The number of carbonyl (C=O) groups excluding carboxylic acids is 1. The number of furan rings is 1. The van der Waals surface area contributed by atoms with Crippen molar-refractivity contribution in [2.75, 3.05) is 19.7 Å². The second-order valence-electron chi connectivity index (χ2n) is 8.34. The highest BCUT2D eigenvalue weighted by atomic mass is 16.5. The average Bonchev–Trinajstić information content (AvgIpc) is 3.13. The molecule has 158 valence electrons. The Morgan fingerprint density at radius 3 is 2.87 bits per heavy atom. The number of fused-ring (bicyclic) bond motifs is 1. The molecule has 1 saturated heterocycles. The van der Waals surface area contributed by atoms with Crippen LogP contribution in [0.2, 0.25) is 0 Å². The fraction of sp³-hybridized carbons (Fsp3) is 0.400. The molecule has 5 nitrogen and oxygen atoms in total. The van der Waals surface area contributed by atoms with Gasteiger partial charge in [-0.25, -0.2) is 0 Å². The summed E-state index contributed by atoms with van der Waals surface area (Å²) in [4.78, 5) is 15.0. The lowest BCUT2D eigenvalue weighted by Gasteiger charge is -2.31. The number of hydrogen-bond donors (Lipinski definition) is 1. The Morgan fingerprint density at radius 1 is 1.20 bits per heavy atom. The third-order valence-corrected chi connectivity index (χ3v) is 5.91. The van der Waals surface area contributed by atoms with Crippen LogP contribution in [0.25, 0.3) is 11.0 Å². The molecular formula is C25H30N2O3. The largest absolute Gasteiger partial charge is 0.464 e. The monoisotopic (exact) mass is 406 g/mol. The van der Waals surface area contributed by atoms with E-state index < -0.39 is 0 Å². The van der Waals surface area contributed by atoms with Crippen LogP contribution in [0.15, 0.2) is 47.1 Å². The fourth-order valence-electron chi connectivity index (χ4n) is 4.09. The Bertz CT molecular complexity index is 1040. The van der Waals surface area contributed by atoms with Crippen molar-refractivity contribution in [3.63, 3.8) is 0 Å². The molecule has 2 heterocycles. The van der Waals surface area contributed by atoms with E-state index in [0.29, 0.717) is 13.0 Å². The standard InChI is InChI=1S/C25H30N2O3/c1-17-7-8-23-22(16-30-25(23)19(17)3)12-24(28)26-13-20-5-4-6-21(11-20)15-27-9-10-29-18(2)14-27/h4-8,11,16,18H,9-10,12-15H2,1-3H3,(H,26,28). The molecule has 0 aliphatic carbocycles. The lowest BCUT2D eigenvalue weighted by Crippen LogP contribution is -2.40. The van der Waals surface area contributed by atoms with Crippen molar-refractivity contribution >= 4 is 16.9 Å². The van der Waals surface area contributed by atoms with E-state index >= 15 is 0 Å². The molecule has 1 atom stereocenters. The van der Waals surface area contributed by atoms with E-state index in [-0.39, 0.29) is 12.0 Å². The van der Waals surface area contributed by atoms with Crippen molar-refractivity contribution < 1.29 is 13.9 Å². The zero-order chi connectivity index (χ0) is 21.1. The third kappa shape index (κ3) is 4.74. The molecule has 1 fully saturated rings. The van der Waals surface area contributed by atoms with Gasteiger partial charge in [-0.3, -0.25) is 9.69 Å². The summed E-state index contributed by atoms with van der Waals surface area (Å²) in [5.74, 6) is 0.00309. The van der Waals surface area contributed by atoms with Crippen LogP contribution in [0.3, 0.4) is 0 Å².